The fraction of sp³-hybridized carbons (Fsp3) is 0.500. The molecule has 0 spiro atoms. The summed E-state index contributed by atoms with van der Waals surface area (Å²) in [5.41, 5.74) is 2.81. The van der Waals surface area contributed by atoms with Crippen molar-refractivity contribution < 1.29 is 14.3 Å². The molecule has 1 aromatic heterocycles. The average molecular weight is 396 g/mol. The van der Waals surface area contributed by atoms with Gasteiger partial charge in [0.25, 0.3) is 5.91 Å². The first kappa shape index (κ1) is 19.6. The van der Waals surface area contributed by atoms with Gasteiger partial charge in [-0.2, -0.15) is 0 Å². The molecule has 2 aliphatic heterocycles. The summed E-state index contributed by atoms with van der Waals surface area (Å²) in [6.45, 7) is 2.56. The van der Waals surface area contributed by atoms with Crippen molar-refractivity contribution in [1.29, 1.82) is 0 Å². The van der Waals surface area contributed by atoms with Crippen LogP contribution in [-0.4, -0.2) is 60.0 Å². The molecule has 0 saturated carbocycles. The van der Waals surface area contributed by atoms with Crippen molar-refractivity contribution in [3.05, 3.63) is 47.0 Å². The number of likely N-dealkylation sites (N-methyl/N-ethyl adjacent to an activating group) is 1. The van der Waals surface area contributed by atoms with Crippen LogP contribution in [0.2, 0.25) is 0 Å². The molecule has 1 unspecified atom stereocenters. The number of carbonyl (C=O) groups excluding carboxylic acids is 1. The van der Waals surface area contributed by atoms with E-state index in [1.54, 1.807) is 32.4 Å². The van der Waals surface area contributed by atoms with Crippen molar-refractivity contribution in [1.82, 2.24) is 19.8 Å². The Morgan fingerprint density at radius 2 is 2.03 bits per heavy atom. The van der Waals surface area contributed by atoms with E-state index in [4.69, 9.17) is 14.5 Å². The number of likely N-dealkylation sites (tertiary alicyclic amines) is 1. The van der Waals surface area contributed by atoms with Gasteiger partial charge >= 0.3 is 0 Å². The lowest BCUT2D eigenvalue weighted by Gasteiger charge is -2.35. The molecular weight excluding hydrogens is 368 g/mol. The smallest absolute Gasteiger partial charge is 0.258 e. The number of fused-ring (bicyclic) bond motifs is 1. The first-order valence-corrected chi connectivity index (χ1v) is 10.2. The number of hydrogen-bond donors (Lipinski definition) is 0. The Kier molecular flexibility index (Phi) is 5.67. The number of piperidine rings is 1. The molecule has 1 atom stereocenters. The molecule has 0 bridgehead atoms. The van der Waals surface area contributed by atoms with Gasteiger partial charge in [-0.15, -0.1) is 0 Å². The molecule has 7 heteroatoms. The van der Waals surface area contributed by atoms with E-state index in [-0.39, 0.29) is 11.9 Å². The maximum Gasteiger partial charge on any atom is 0.258 e. The molecule has 154 valence electrons. The predicted octanol–water partition coefficient (Wildman–Crippen LogP) is 2.85. The summed E-state index contributed by atoms with van der Waals surface area (Å²) in [4.78, 5) is 27.2. The van der Waals surface area contributed by atoms with Crippen LogP contribution < -0.4 is 9.47 Å². The largest absolute Gasteiger partial charge is 0.497 e. The minimum absolute atomic E-state index is 0.0634. The number of amides is 1. The topological polar surface area (TPSA) is 67.8 Å². The van der Waals surface area contributed by atoms with Crippen LogP contribution in [-0.2, 0) is 13.0 Å². The van der Waals surface area contributed by atoms with Crippen LogP contribution in [0.1, 0.15) is 52.7 Å². The number of carbonyl (C=O) groups is 1. The Hall–Kier alpha value is -2.67. The van der Waals surface area contributed by atoms with E-state index in [9.17, 15) is 4.79 Å². The highest BCUT2D eigenvalue weighted by Crippen LogP contribution is 2.34. The first-order valence-electron chi connectivity index (χ1n) is 10.2. The molecule has 1 amide bonds. The molecule has 7 nitrogen and oxygen atoms in total. The lowest BCUT2D eigenvalue weighted by molar-refractivity contribution is 0.0595. The van der Waals surface area contributed by atoms with Crippen molar-refractivity contribution in [2.75, 3.05) is 34.4 Å². The zero-order chi connectivity index (χ0) is 20.4. The Bertz CT molecular complexity index is 902. The fourth-order valence-corrected chi connectivity index (χ4v) is 4.21. The van der Waals surface area contributed by atoms with Crippen molar-refractivity contribution in [3.8, 4) is 11.5 Å². The van der Waals surface area contributed by atoms with Crippen LogP contribution in [0.5, 0.6) is 11.5 Å². The van der Waals surface area contributed by atoms with Crippen LogP contribution in [0.3, 0.4) is 0 Å². The number of ether oxygens (including phenoxy) is 2. The minimum atomic E-state index is -0.114. The average Bonchev–Trinajstić information content (AvgIpc) is 2.77. The molecule has 29 heavy (non-hydrogen) atoms. The monoisotopic (exact) mass is 396 g/mol. The van der Waals surface area contributed by atoms with Crippen molar-refractivity contribution in [3.63, 3.8) is 0 Å². The third-order valence-electron chi connectivity index (χ3n) is 5.84. The van der Waals surface area contributed by atoms with Crippen LogP contribution in [0.4, 0.5) is 0 Å². The summed E-state index contributed by atoms with van der Waals surface area (Å²) in [5.74, 6) is 1.88. The first-order chi connectivity index (χ1) is 14.1. The number of methoxy groups -OCH3 is 2. The maximum atomic E-state index is 13.5. The summed E-state index contributed by atoms with van der Waals surface area (Å²) in [6.07, 6.45) is 5.77. The zero-order valence-electron chi connectivity index (χ0n) is 17.4. The SMILES string of the molecule is COc1ccc(OC)c(C(=O)N2CCCCC2c2ncc3c(n2)CCN(C)C3)c1. The van der Waals surface area contributed by atoms with Gasteiger partial charge in [0.1, 0.15) is 11.5 Å². The molecule has 1 aromatic carbocycles. The molecule has 0 N–H and O–H groups in total. The van der Waals surface area contributed by atoms with Crippen LogP contribution in [0.25, 0.3) is 0 Å². The third-order valence-corrected chi connectivity index (χ3v) is 5.84. The van der Waals surface area contributed by atoms with E-state index < -0.39 is 0 Å². The highest BCUT2D eigenvalue weighted by Gasteiger charge is 2.33. The molecule has 1 saturated heterocycles. The molecular formula is C22H28N4O3. The quantitative estimate of drug-likeness (QED) is 0.792. The molecule has 3 heterocycles. The van der Waals surface area contributed by atoms with Crippen molar-refractivity contribution in [2.45, 2.75) is 38.3 Å². The number of nitrogens with zero attached hydrogens (tertiary/aromatic N) is 4. The number of rotatable bonds is 4. The Labute approximate surface area is 171 Å². The second-order valence-electron chi connectivity index (χ2n) is 7.76. The molecule has 4 rings (SSSR count). The summed E-state index contributed by atoms with van der Waals surface area (Å²) >= 11 is 0. The summed E-state index contributed by atoms with van der Waals surface area (Å²) in [6, 6.07) is 5.21. The predicted molar refractivity (Wildman–Crippen MR) is 109 cm³/mol. The standard InChI is InChI=1S/C22H28N4O3/c1-25-11-9-18-15(14-25)13-23-21(24-18)19-6-4-5-10-26(19)22(27)17-12-16(28-2)7-8-20(17)29-3/h7-8,12-13,19H,4-6,9-11,14H2,1-3H3. The van der Waals surface area contributed by atoms with Gasteiger partial charge in [0, 0.05) is 43.5 Å². The van der Waals surface area contributed by atoms with Gasteiger partial charge in [0.15, 0.2) is 5.82 Å². The van der Waals surface area contributed by atoms with E-state index >= 15 is 0 Å². The van der Waals surface area contributed by atoms with Gasteiger partial charge in [-0.25, -0.2) is 9.97 Å². The van der Waals surface area contributed by atoms with Gasteiger partial charge in [0.05, 0.1) is 25.8 Å². The van der Waals surface area contributed by atoms with Gasteiger partial charge in [-0.1, -0.05) is 0 Å². The van der Waals surface area contributed by atoms with Gasteiger partial charge in [0.2, 0.25) is 0 Å². The molecule has 0 aliphatic carbocycles. The van der Waals surface area contributed by atoms with Crippen molar-refractivity contribution >= 4 is 5.91 Å². The van der Waals surface area contributed by atoms with Crippen LogP contribution in [0.15, 0.2) is 24.4 Å². The van der Waals surface area contributed by atoms with E-state index in [0.29, 0.717) is 23.6 Å². The van der Waals surface area contributed by atoms with E-state index in [1.807, 2.05) is 11.1 Å². The second kappa shape index (κ2) is 8.37. The second-order valence-corrected chi connectivity index (χ2v) is 7.76. The minimum Gasteiger partial charge on any atom is -0.497 e. The van der Waals surface area contributed by atoms with Gasteiger partial charge in [-0.05, 0) is 44.5 Å². The summed E-state index contributed by atoms with van der Waals surface area (Å²) in [5, 5.41) is 0. The number of hydrogen-bond acceptors (Lipinski definition) is 6. The van der Waals surface area contributed by atoms with E-state index in [0.717, 1.165) is 50.3 Å². The Balaban J connectivity index is 1.66. The Morgan fingerprint density at radius 1 is 1.17 bits per heavy atom. The normalized spacial score (nSPS) is 19.6. The lowest BCUT2D eigenvalue weighted by Crippen LogP contribution is -2.40. The van der Waals surface area contributed by atoms with E-state index in [2.05, 4.69) is 16.9 Å². The van der Waals surface area contributed by atoms with Gasteiger partial charge < -0.3 is 19.3 Å². The number of benzene rings is 1. The fourth-order valence-electron chi connectivity index (χ4n) is 4.21. The summed E-state index contributed by atoms with van der Waals surface area (Å²) < 4.78 is 10.8. The van der Waals surface area contributed by atoms with Crippen LogP contribution >= 0.6 is 0 Å². The lowest BCUT2D eigenvalue weighted by atomic mass is 9.99. The molecule has 2 aromatic rings. The van der Waals surface area contributed by atoms with E-state index in [1.165, 1.54) is 5.56 Å². The maximum absolute atomic E-state index is 13.5. The highest BCUT2D eigenvalue weighted by molar-refractivity contribution is 5.97. The van der Waals surface area contributed by atoms with Crippen molar-refractivity contribution in [2.24, 2.45) is 0 Å². The molecule has 2 aliphatic rings. The Morgan fingerprint density at radius 3 is 2.83 bits per heavy atom. The number of aromatic nitrogens is 2. The molecule has 0 radical (unpaired) electrons. The zero-order valence-corrected chi connectivity index (χ0v) is 17.4. The summed E-state index contributed by atoms with van der Waals surface area (Å²) in [7, 11) is 5.29. The third kappa shape index (κ3) is 3.92. The van der Waals surface area contributed by atoms with Crippen LogP contribution in [0, 0.1) is 0 Å². The highest BCUT2D eigenvalue weighted by atomic mass is 16.5. The van der Waals surface area contributed by atoms with Gasteiger partial charge in [-0.3, -0.25) is 4.79 Å². The molecule has 1 fully saturated rings.